The zero-order chi connectivity index (χ0) is 27.3. The molecule has 1 heterocycles. The fourth-order valence-electron chi connectivity index (χ4n) is 4.63. The monoisotopic (exact) mass is 515 g/mol. The lowest BCUT2D eigenvalue weighted by Gasteiger charge is -2.17. The van der Waals surface area contributed by atoms with E-state index in [0.717, 1.165) is 23.3 Å². The Morgan fingerprint density at radius 3 is 2.00 bits per heavy atom. The van der Waals surface area contributed by atoms with Crippen LogP contribution < -0.4 is 0 Å². The summed E-state index contributed by atoms with van der Waals surface area (Å²) in [4.78, 5) is 50.7. The van der Waals surface area contributed by atoms with Gasteiger partial charge in [0.05, 0.1) is 17.0 Å². The molecule has 0 aromatic heterocycles. The Labute approximate surface area is 225 Å². The molecule has 0 saturated carbocycles. The molecule has 0 saturated heterocycles. The van der Waals surface area contributed by atoms with Crippen LogP contribution in [0.2, 0.25) is 0 Å². The molecule has 38 heavy (non-hydrogen) atoms. The number of fused-ring (bicyclic) bond motifs is 1. The van der Waals surface area contributed by atoms with Crippen LogP contribution in [0.25, 0.3) is 0 Å². The number of aliphatic carboxylic acids is 1. The molecule has 200 valence electrons. The average Bonchev–Trinajstić information content (AvgIpc) is 3.17. The molecular formula is C32H37NO5. The Bertz CT molecular complexity index is 1150. The zero-order valence-electron chi connectivity index (χ0n) is 22.2. The van der Waals surface area contributed by atoms with Gasteiger partial charge in [-0.2, -0.15) is 0 Å². The highest BCUT2D eigenvalue weighted by molar-refractivity contribution is 6.21. The molecule has 0 fully saturated rings. The Hall–Kier alpha value is -3.72. The number of Topliss-reactive ketones (excluding diaryl/α,β-unsaturated/α-hetero) is 1. The van der Waals surface area contributed by atoms with E-state index in [0.29, 0.717) is 16.7 Å². The number of carboxylic acids is 1. The molecule has 6 nitrogen and oxygen atoms in total. The minimum Gasteiger partial charge on any atom is -0.481 e. The molecule has 2 amide bonds. The summed E-state index contributed by atoms with van der Waals surface area (Å²) in [7, 11) is 0. The molecule has 1 atom stereocenters. The van der Waals surface area contributed by atoms with Gasteiger partial charge in [-0.05, 0) is 37.1 Å². The van der Waals surface area contributed by atoms with Gasteiger partial charge in [0.2, 0.25) is 0 Å². The first-order valence-corrected chi connectivity index (χ1v) is 13.7. The molecule has 2 aromatic carbocycles. The van der Waals surface area contributed by atoms with Gasteiger partial charge >= 0.3 is 5.97 Å². The van der Waals surface area contributed by atoms with Crippen molar-refractivity contribution in [2.24, 2.45) is 5.92 Å². The number of nitrogens with zero attached hydrogens (tertiary/aromatic N) is 1. The molecular weight excluding hydrogens is 478 g/mol. The van der Waals surface area contributed by atoms with Crippen LogP contribution in [0, 0.1) is 17.8 Å². The third-order valence-corrected chi connectivity index (χ3v) is 6.96. The van der Waals surface area contributed by atoms with Gasteiger partial charge in [0.15, 0.2) is 5.78 Å². The number of benzene rings is 2. The average molecular weight is 516 g/mol. The normalized spacial score (nSPS) is 13.1. The number of unbranched alkanes of at least 4 members (excludes halogenated alkanes) is 8. The van der Waals surface area contributed by atoms with E-state index in [1.54, 1.807) is 48.5 Å². The number of imide groups is 1. The SMILES string of the molecule is CCCCCCCCCCC#Cc1ccc(C(=O)CC(CCN2C(=O)c3ccccc3C2=O)C(=O)O)cc1. The highest BCUT2D eigenvalue weighted by Crippen LogP contribution is 2.24. The van der Waals surface area contributed by atoms with Crippen LogP contribution in [0.15, 0.2) is 48.5 Å². The summed E-state index contributed by atoms with van der Waals surface area (Å²) in [6.45, 7) is 2.18. The molecule has 0 aliphatic carbocycles. The Morgan fingerprint density at radius 2 is 1.42 bits per heavy atom. The summed E-state index contributed by atoms with van der Waals surface area (Å²) in [5.74, 6) is 3.04. The lowest BCUT2D eigenvalue weighted by molar-refractivity contribution is -0.142. The molecule has 1 N–H and O–H groups in total. The number of ketones is 1. The van der Waals surface area contributed by atoms with Gasteiger partial charge in [0.25, 0.3) is 11.8 Å². The van der Waals surface area contributed by atoms with E-state index in [1.165, 1.54) is 44.9 Å². The van der Waals surface area contributed by atoms with Gasteiger partial charge in [-0.15, -0.1) is 0 Å². The summed E-state index contributed by atoms with van der Waals surface area (Å²) in [6, 6.07) is 13.4. The molecule has 0 bridgehead atoms. The number of hydrogen-bond donors (Lipinski definition) is 1. The lowest BCUT2D eigenvalue weighted by Crippen LogP contribution is -2.33. The van der Waals surface area contributed by atoms with Crippen LogP contribution >= 0.6 is 0 Å². The van der Waals surface area contributed by atoms with E-state index in [-0.39, 0.29) is 25.2 Å². The molecule has 2 aromatic rings. The van der Waals surface area contributed by atoms with Crippen molar-refractivity contribution in [3.8, 4) is 11.8 Å². The van der Waals surface area contributed by atoms with E-state index in [1.807, 2.05) is 0 Å². The number of hydrogen-bond acceptors (Lipinski definition) is 4. The van der Waals surface area contributed by atoms with Gasteiger partial charge in [0, 0.05) is 30.5 Å². The molecule has 1 unspecified atom stereocenters. The van der Waals surface area contributed by atoms with Crippen LogP contribution in [0.3, 0.4) is 0 Å². The van der Waals surface area contributed by atoms with E-state index in [2.05, 4.69) is 18.8 Å². The zero-order valence-corrected chi connectivity index (χ0v) is 22.2. The van der Waals surface area contributed by atoms with E-state index in [9.17, 15) is 24.3 Å². The number of amides is 2. The van der Waals surface area contributed by atoms with Crippen LogP contribution in [0.5, 0.6) is 0 Å². The fraction of sp³-hybridized carbons (Fsp3) is 0.438. The maximum absolute atomic E-state index is 12.8. The topological polar surface area (TPSA) is 91.8 Å². The Morgan fingerprint density at radius 1 is 0.842 bits per heavy atom. The Balaban J connectivity index is 1.44. The second-order valence-corrected chi connectivity index (χ2v) is 9.86. The number of carbonyl (C=O) groups is 4. The summed E-state index contributed by atoms with van der Waals surface area (Å²) in [5, 5.41) is 9.66. The van der Waals surface area contributed by atoms with Crippen LogP contribution in [-0.4, -0.2) is 40.1 Å². The van der Waals surface area contributed by atoms with Crippen molar-refractivity contribution in [3.63, 3.8) is 0 Å². The molecule has 1 aliphatic rings. The fourth-order valence-corrected chi connectivity index (χ4v) is 4.63. The van der Waals surface area contributed by atoms with Gasteiger partial charge < -0.3 is 5.11 Å². The van der Waals surface area contributed by atoms with Crippen molar-refractivity contribution in [3.05, 3.63) is 70.8 Å². The number of carbonyl (C=O) groups excluding carboxylic acids is 3. The Kier molecular flexibility index (Phi) is 11.3. The van der Waals surface area contributed by atoms with Crippen LogP contribution in [0.4, 0.5) is 0 Å². The summed E-state index contributed by atoms with van der Waals surface area (Å²) >= 11 is 0. The maximum atomic E-state index is 12.8. The minimum atomic E-state index is -1.13. The van der Waals surface area contributed by atoms with Gasteiger partial charge in [-0.3, -0.25) is 24.1 Å². The minimum absolute atomic E-state index is 0.00877. The van der Waals surface area contributed by atoms with Crippen molar-refractivity contribution in [2.45, 2.75) is 77.6 Å². The highest BCUT2D eigenvalue weighted by atomic mass is 16.4. The van der Waals surface area contributed by atoms with Crippen molar-refractivity contribution >= 4 is 23.6 Å². The molecule has 3 rings (SSSR count). The van der Waals surface area contributed by atoms with Crippen LogP contribution in [-0.2, 0) is 4.79 Å². The summed E-state index contributed by atoms with van der Waals surface area (Å²) in [6.07, 6.45) is 10.8. The first kappa shape index (κ1) is 28.8. The smallest absolute Gasteiger partial charge is 0.307 e. The molecule has 6 heteroatoms. The van der Waals surface area contributed by atoms with E-state index >= 15 is 0 Å². The second kappa shape index (κ2) is 14.9. The summed E-state index contributed by atoms with van der Waals surface area (Å²) < 4.78 is 0. The van der Waals surface area contributed by atoms with Crippen molar-refractivity contribution in [1.82, 2.24) is 4.90 Å². The summed E-state index contributed by atoms with van der Waals surface area (Å²) in [5.41, 5.74) is 1.88. The van der Waals surface area contributed by atoms with Crippen LogP contribution in [0.1, 0.15) is 114 Å². The van der Waals surface area contributed by atoms with E-state index < -0.39 is 23.7 Å². The van der Waals surface area contributed by atoms with Gasteiger partial charge in [-0.1, -0.05) is 88.0 Å². The van der Waals surface area contributed by atoms with Gasteiger partial charge in [0.1, 0.15) is 0 Å². The molecule has 0 radical (unpaired) electrons. The first-order valence-electron chi connectivity index (χ1n) is 13.7. The first-order chi connectivity index (χ1) is 18.4. The number of rotatable bonds is 15. The highest BCUT2D eigenvalue weighted by Gasteiger charge is 2.35. The van der Waals surface area contributed by atoms with E-state index in [4.69, 9.17) is 0 Å². The third kappa shape index (κ3) is 8.14. The number of carboxylic acid groups (broad SMARTS) is 1. The van der Waals surface area contributed by atoms with Crippen molar-refractivity contribution < 1.29 is 24.3 Å². The largest absolute Gasteiger partial charge is 0.481 e. The predicted octanol–water partition coefficient (Wildman–Crippen LogP) is 6.53. The molecule has 0 spiro atoms. The van der Waals surface area contributed by atoms with Crippen molar-refractivity contribution in [1.29, 1.82) is 0 Å². The predicted molar refractivity (Wildman–Crippen MR) is 147 cm³/mol. The molecule has 1 aliphatic heterocycles. The maximum Gasteiger partial charge on any atom is 0.307 e. The van der Waals surface area contributed by atoms with Gasteiger partial charge in [-0.25, -0.2) is 0 Å². The second-order valence-electron chi connectivity index (χ2n) is 9.86. The quantitative estimate of drug-likeness (QED) is 0.126. The lowest BCUT2D eigenvalue weighted by atomic mass is 9.95. The van der Waals surface area contributed by atoms with Crippen molar-refractivity contribution in [2.75, 3.05) is 6.54 Å². The standard InChI is InChI=1S/C32H37NO5/c1-2-3-4-5-6-7-8-9-10-11-14-24-17-19-25(20-18-24)29(34)23-26(32(37)38)21-22-33-30(35)27-15-12-13-16-28(27)31(33)36/h12-13,15-20,26H,2-10,21-23H2,1H3,(H,37,38). The third-order valence-electron chi connectivity index (χ3n) is 6.96.